The van der Waals surface area contributed by atoms with Crippen molar-refractivity contribution in [3.05, 3.63) is 29.7 Å². The van der Waals surface area contributed by atoms with E-state index < -0.39 is 12.3 Å². The molecule has 4 fully saturated rings. The van der Waals surface area contributed by atoms with Crippen LogP contribution in [0.5, 0.6) is 0 Å². The molecule has 3 saturated heterocycles. The Morgan fingerprint density at radius 1 is 1.05 bits per heavy atom. The SMILES string of the molecule is NC(=O)c1c(-c2cn(C3CCC(CN4CCC5(CCNCC5)CC4)CC3)nc2C(F)F)nn2ccc(N3CCOCC3)nc12. The molecule has 3 aliphatic heterocycles. The average Bonchev–Trinajstić information content (AvgIpc) is 3.66. The fourth-order valence-electron chi connectivity index (χ4n) is 7.86. The minimum absolute atomic E-state index is 0.0250. The number of piperidine rings is 2. The van der Waals surface area contributed by atoms with Gasteiger partial charge in [-0.25, -0.2) is 18.3 Å². The highest BCUT2D eigenvalue weighted by Gasteiger charge is 2.37. The molecular weight excluding hydrogens is 568 g/mol. The van der Waals surface area contributed by atoms with Gasteiger partial charge in [-0.3, -0.25) is 9.48 Å². The number of amides is 1. The third kappa shape index (κ3) is 5.81. The lowest BCUT2D eigenvalue weighted by atomic mass is 9.71. The first-order chi connectivity index (χ1) is 21.4. The Balaban J connectivity index is 1.06. The molecular formula is C31H43F2N9O2. The van der Waals surface area contributed by atoms with Crippen molar-refractivity contribution in [2.45, 2.75) is 63.8 Å². The zero-order valence-corrected chi connectivity index (χ0v) is 25.3. The number of morpholine rings is 1. The van der Waals surface area contributed by atoms with Crippen LogP contribution in [0.1, 0.15) is 79.9 Å². The highest BCUT2D eigenvalue weighted by molar-refractivity contribution is 6.05. The van der Waals surface area contributed by atoms with Gasteiger partial charge < -0.3 is 25.6 Å². The number of nitrogens with zero attached hydrogens (tertiary/aromatic N) is 7. The normalized spacial score (nSPS) is 24.8. The van der Waals surface area contributed by atoms with Crippen LogP contribution in [0.3, 0.4) is 0 Å². The number of aromatic nitrogens is 5. The van der Waals surface area contributed by atoms with Crippen molar-refractivity contribution in [3.63, 3.8) is 0 Å². The molecule has 1 amide bonds. The number of ether oxygens (including phenoxy) is 1. The molecule has 3 aromatic rings. The number of nitrogens with two attached hydrogens (primary N) is 1. The average molecular weight is 612 g/mol. The van der Waals surface area contributed by atoms with E-state index >= 15 is 0 Å². The Morgan fingerprint density at radius 2 is 1.77 bits per heavy atom. The van der Waals surface area contributed by atoms with E-state index in [0.717, 1.165) is 45.3 Å². The van der Waals surface area contributed by atoms with Crippen molar-refractivity contribution < 1.29 is 18.3 Å². The van der Waals surface area contributed by atoms with E-state index in [4.69, 9.17) is 10.5 Å². The number of nitrogens with one attached hydrogen (secondary N) is 1. The minimum Gasteiger partial charge on any atom is -0.378 e. The second-order valence-corrected chi connectivity index (χ2v) is 13.2. The van der Waals surface area contributed by atoms with E-state index in [0.29, 0.717) is 43.5 Å². The summed E-state index contributed by atoms with van der Waals surface area (Å²) in [4.78, 5) is 22.1. The lowest BCUT2D eigenvalue weighted by molar-refractivity contribution is 0.0591. The largest absolute Gasteiger partial charge is 0.378 e. The number of hydrogen-bond donors (Lipinski definition) is 2. The van der Waals surface area contributed by atoms with E-state index in [2.05, 4.69) is 30.3 Å². The third-order valence-corrected chi connectivity index (χ3v) is 10.6. The van der Waals surface area contributed by atoms with Crippen LogP contribution in [-0.2, 0) is 4.74 Å². The summed E-state index contributed by atoms with van der Waals surface area (Å²) in [7, 11) is 0. The van der Waals surface area contributed by atoms with Crippen molar-refractivity contribution in [2.75, 3.05) is 63.9 Å². The van der Waals surface area contributed by atoms with Crippen molar-refractivity contribution in [1.82, 2.24) is 34.6 Å². The van der Waals surface area contributed by atoms with Gasteiger partial charge in [-0.1, -0.05) is 0 Å². The first-order valence-electron chi connectivity index (χ1n) is 16.2. The smallest absolute Gasteiger partial charge is 0.282 e. The summed E-state index contributed by atoms with van der Waals surface area (Å²) in [6, 6.07) is 1.82. The fourth-order valence-corrected chi connectivity index (χ4v) is 7.86. The predicted molar refractivity (Wildman–Crippen MR) is 162 cm³/mol. The van der Waals surface area contributed by atoms with Gasteiger partial charge in [-0.2, -0.15) is 10.2 Å². The third-order valence-electron chi connectivity index (χ3n) is 10.6. The standard InChI is InChI=1S/C31H43F2N9O2/c32-28(33)27-23(26-25(29(34)43)30-36-24(5-12-41(30)37-26)40-15-17-44-18-16-40)20-42(38-27)22-3-1-21(2-4-22)19-39-13-8-31(9-14-39)6-10-35-11-7-31/h5,12,20-22,28,35H,1-4,6-11,13-19H2,(H2,34,43). The van der Waals surface area contributed by atoms with Gasteiger partial charge in [-0.15, -0.1) is 0 Å². The molecule has 1 spiro atoms. The first-order valence-corrected chi connectivity index (χ1v) is 16.2. The van der Waals surface area contributed by atoms with Crippen LogP contribution < -0.4 is 16.0 Å². The molecule has 4 aliphatic rings. The van der Waals surface area contributed by atoms with Gasteiger partial charge in [0.1, 0.15) is 22.8 Å². The molecule has 44 heavy (non-hydrogen) atoms. The van der Waals surface area contributed by atoms with Crippen molar-refractivity contribution in [3.8, 4) is 11.3 Å². The summed E-state index contributed by atoms with van der Waals surface area (Å²) in [5.74, 6) is 0.509. The number of anilines is 1. The summed E-state index contributed by atoms with van der Waals surface area (Å²) >= 11 is 0. The van der Waals surface area contributed by atoms with Gasteiger partial charge in [0.25, 0.3) is 12.3 Å². The zero-order valence-electron chi connectivity index (χ0n) is 25.3. The second-order valence-electron chi connectivity index (χ2n) is 13.2. The molecule has 0 aromatic carbocycles. The summed E-state index contributed by atoms with van der Waals surface area (Å²) in [5.41, 5.74) is 6.48. The van der Waals surface area contributed by atoms with Crippen LogP contribution in [0.15, 0.2) is 18.5 Å². The molecule has 13 heteroatoms. The second kappa shape index (κ2) is 12.3. The first kappa shape index (κ1) is 29.5. The Morgan fingerprint density at radius 3 is 2.45 bits per heavy atom. The Labute approximate surface area is 256 Å². The summed E-state index contributed by atoms with van der Waals surface area (Å²) in [5, 5.41) is 12.4. The van der Waals surface area contributed by atoms with Crippen LogP contribution in [0.4, 0.5) is 14.6 Å². The zero-order chi connectivity index (χ0) is 30.3. The van der Waals surface area contributed by atoms with E-state index in [9.17, 15) is 13.6 Å². The number of carbonyl (C=O) groups is 1. The van der Waals surface area contributed by atoms with E-state index in [1.165, 1.54) is 43.3 Å². The number of primary amides is 1. The van der Waals surface area contributed by atoms with Crippen LogP contribution >= 0.6 is 0 Å². The lowest BCUT2D eigenvalue weighted by Crippen LogP contribution is -2.46. The number of likely N-dealkylation sites (tertiary alicyclic amines) is 1. The monoisotopic (exact) mass is 611 g/mol. The lowest BCUT2D eigenvalue weighted by Gasteiger charge is -2.45. The molecule has 0 radical (unpaired) electrons. The maximum atomic E-state index is 14.4. The molecule has 3 N–H and O–H groups in total. The van der Waals surface area contributed by atoms with Crippen molar-refractivity contribution >= 4 is 17.4 Å². The van der Waals surface area contributed by atoms with Crippen molar-refractivity contribution in [2.24, 2.45) is 17.1 Å². The molecule has 7 rings (SSSR count). The van der Waals surface area contributed by atoms with Crippen LogP contribution in [-0.4, -0.2) is 94.2 Å². The quantitative estimate of drug-likeness (QED) is 0.416. The molecule has 11 nitrogen and oxygen atoms in total. The molecule has 0 bridgehead atoms. The van der Waals surface area contributed by atoms with E-state index in [-0.39, 0.29) is 34.2 Å². The molecule has 6 heterocycles. The minimum atomic E-state index is -2.83. The highest BCUT2D eigenvalue weighted by Crippen LogP contribution is 2.41. The molecule has 1 aliphatic carbocycles. The highest BCUT2D eigenvalue weighted by atomic mass is 19.3. The maximum Gasteiger partial charge on any atom is 0.282 e. The van der Waals surface area contributed by atoms with E-state index in [1.54, 1.807) is 23.1 Å². The van der Waals surface area contributed by atoms with Gasteiger partial charge >= 0.3 is 0 Å². The number of rotatable bonds is 7. The van der Waals surface area contributed by atoms with E-state index in [1.807, 2.05) is 0 Å². The molecule has 0 unspecified atom stereocenters. The fraction of sp³-hybridized carbons (Fsp3) is 0.677. The van der Waals surface area contributed by atoms with Gasteiger partial charge in [0.05, 0.1) is 24.8 Å². The number of halogens is 2. The number of carbonyl (C=O) groups excluding carboxylic acids is 1. The van der Waals surface area contributed by atoms with Crippen molar-refractivity contribution in [1.29, 1.82) is 0 Å². The topological polar surface area (TPSA) is 119 Å². The van der Waals surface area contributed by atoms with Gasteiger partial charge in [0.15, 0.2) is 5.65 Å². The van der Waals surface area contributed by atoms with Gasteiger partial charge in [0, 0.05) is 32.0 Å². The number of hydrogen-bond acceptors (Lipinski definition) is 8. The van der Waals surface area contributed by atoms with Gasteiger partial charge in [-0.05, 0) is 94.9 Å². The maximum absolute atomic E-state index is 14.4. The van der Waals surface area contributed by atoms with Gasteiger partial charge in [0.2, 0.25) is 0 Å². The molecule has 3 aromatic heterocycles. The molecule has 1 saturated carbocycles. The number of fused-ring (bicyclic) bond motifs is 1. The predicted octanol–water partition coefficient (Wildman–Crippen LogP) is 3.66. The summed E-state index contributed by atoms with van der Waals surface area (Å²) in [6.07, 6.45) is 9.57. The Bertz CT molecular complexity index is 1460. The Hall–Kier alpha value is -3.16. The summed E-state index contributed by atoms with van der Waals surface area (Å²) in [6.45, 7) is 8.28. The van der Waals surface area contributed by atoms with Crippen LogP contribution in [0.25, 0.3) is 16.9 Å². The van der Waals surface area contributed by atoms with Crippen LogP contribution in [0, 0.1) is 11.3 Å². The van der Waals surface area contributed by atoms with Crippen LogP contribution in [0.2, 0.25) is 0 Å². The molecule has 238 valence electrons. The molecule has 0 atom stereocenters. The Kier molecular flexibility index (Phi) is 8.27. The summed E-state index contributed by atoms with van der Waals surface area (Å²) < 4.78 is 37.3. The number of alkyl halides is 2.